The van der Waals surface area contributed by atoms with E-state index in [9.17, 15) is 4.79 Å². The first-order chi connectivity index (χ1) is 15.5. The fourth-order valence-electron chi connectivity index (χ4n) is 3.44. The van der Waals surface area contributed by atoms with Crippen molar-refractivity contribution in [3.63, 3.8) is 0 Å². The van der Waals surface area contributed by atoms with Crippen molar-refractivity contribution in [3.05, 3.63) is 63.1 Å². The van der Waals surface area contributed by atoms with Crippen molar-refractivity contribution in [2.45, 2.75) is 13.6 Å². The van der Waals surface area contributed by atoms with Crippen LogP contribution in [0.15, 0.2) is 48.5 Å². The van der Waals surface area contributed by atoms with Gasteiger partial charge in [0.15, 0.2) is 3.95 Å². The zero-order valence-corrected chi connectivity index (χ0v) is 20.1. The number of rotatable bonds is 7. The number of para-hydroxylation sites is 1. The van der Waals surface area contributed by atoms with E-state index in [1.807, 2.05) is 28.9 Å². The quantitative estimate of drug-likeness (QED) is 0.474. The lowest BCUT2D eigenvalue weighted by molar-refractivity contribution is -0.117. The number of amides is 1. The Hall–Kier alpha value is -2.30. The number of hydrogen-bond acceptors (Lipinski definition) is 7. The van der Waals surface area contributed by atoms with Crippen molar-refractivity contribution in [2.24, 2.45) is 0 Å². The number of aryl methyl sites for hydroxylation is 1. The molecule has 1 saturated heterocycles. The summed E-state index contributed by atoms with van der Waals surface area (Å²) in [4.78, 5) is 16.8. The van der Waals surface area contributed by atoms with Gasteiger partial charge in [-0.25, -0.2) is 4.68 Å². The zero-order chi connectivity index (χ0) is 22.5. The van der Waals surface area contributed by atoms with Gasteiger partial charge in [0.25, 0.3) is 0 Å². The molecule has 10 heteroatoms. The van der Waals surface area contributed by atoms with Crippen molar-refractivity contribution >= 4 is 57.6 Å². The molecule has 0 atom stereocenters. The van der Waals surface area contributed by atoms with Crippen LogP contribution in [-0.4, -0.2) is 58.2 Å². The maximum atomic E-state index is 12.4. The first-order valence-corrected chi connectivity index (χ1v) is 12.0. The van der Waals surface area contributed by atoms with E-state index in [-0.39, 0.29) is 5.91 Å². The molecule has 0 unspecified atom stereocenters. The van der Waals surface area contributed by atoms with Crippen LogP contribution < -0.4 is 10.6 Å². The highest BCUT2D eigenvalue weighted by Gasteiger charge is 2.20. The Bertz CT molecular complexity index is 1120. The Morgan fingerprint density at radius 2 is 1.78 bits per heavy atom. The fourth-order valence-corrected chi connectivity index (χ4v) is 4.64. The molecule has 168 valence electrons. The smallest absolute Gasteiger partial charge is 0.238 e. The number of carbonyl (C=O) groups excluding carboxylic acids is 1. The summed E-state index contributed by atoms with van der Waals surface area (Å²) in [5.41, 5.74) is 2.86. The van der Waals surface area contributed by atoms with E-state index in [1.165, 1.54) is 16.9 Å². The fraction of sp³-hybridized carbons (Fsp3) is 0.318. The lowest BCUT2D eigenvalue weighted by atomic mass is 10.2. The van der Waals surface area contributed by atoms with Crippen molar-refractivity contribution in [1.29, 1.82) is 0 Å². The highest BCUT2D eigenvalue weighted by Crippen LogP contribution is 2.22. The summed E-state index contributed by atoms with van der Waals surface area (Å²) in [7, 11) is 0. The van der Waals surface area contributed by atoms with Crippen LogP contribution in [0, 0.1) is 10.9 Å². The highest BCUT2D eigenvalue weighted by molar-refractivity contribution is 7.73. The third-order valence-corrected chi connectivity index (χ3v) is 6.78. The summed E-state index contributed by atoms with van der Waals surface area (Å²) in [6, 6.07) is 15.5. The van der Waals surface area contributed by atoms with Crippen LogP contribution in [0.1, 0.15) is 5.56 Å². The molecule has 0 bridgehead atoms. The molecule has 2 heterocycles. The highest BCUT2D eigenvalue weighted by atomic mass is 35.5. The minimum absolute atomic E-state index is 0.0555. The number of nitrogens with one attached hydrogen (secondary N) is 2. The van der Waals surface area contributed by atoms with Crippen molar-refractivity contribution in [1.82, 2.24) is 19.6 Å². The van der Waals surface area contributed by atoms with Crippen molar-refractivity contribution in [3.8, 4) is 0 Å². The number of anilines is 3. The van der Waals surface area contributed by atoms with Crippen LogP contribution in [0.25, 0.3) is 0 Å². The van der Waals surface area contributed by atoms with Gasteiger partial charge in [-0.05, 0) is 43.4 Å². The predicted molar refractivity (Wildman–Crippen MR) is 133 cm³/mol. The Kier molecular flexibility index (Phi) is 7.54. The van der Waals surface area contributed by atoms with E-state index >= 15 is 0 Å². The van der Waals surface area contributed by atoms with Gasteiger partial charge in [0.05, 0.1) is 23.9 Å². The van der Waals surface area contributed by atoms with Gasteiger partial charge in [-0.15, -0.1) is 5.10 Å². The number of piperazine rings is 1. The van der Waals surface area contributed by atoms with E-state index in [0.29, 0.717) is 23.9 Å². The topological polar surface area (TPSA) is 65.4 Å². The molecule has 1 amide bonds. The molecule has 2 aromatic carbocycles. The first kappa shape index (κ1) is 22.9. The number of carbonyl (C=O) groups is 1. The maximum absolute atomic E-state index is 12.4. The summed E-state index contributed by atoms with van der Waals surface area (Å²) in [6.45, 7) is 6.36. The number of halogens is 1. The molecule has 1 aliphatic heterocycles. The van der Waals surface area contributed by atoms with E-state index in [4.69, 9.17) is 23.8 Å². The van der Waals surface area contributed by atoms with Crippen LogP contribution >= 0.6 is 35.2 Å². The van der Waals surface area contributed by atoms with Crippen LogP contribution in [0.3, 0.4) is 0 Å². The van der Waals surface area contributed by atoms with E-state index in [0.717, 1.165) is 41.0 Å². The van der Waals surface area contributed by atoms with Crippen LogP contribution in [0.2, 0.25) is 5.02 Å². The molecule has 1 aliphatic rings. The standard InChI is InChI=1S/C22H25ClN6OS2/c1-16-6-8-17(9-7-16)24-21-26-29(22(31)32-21)15-28-12-10-27(11-13-28)14-20(30)25-19-5-3-2-4-18(19)23/h2-9H,10-15H2,1H3,(H,24,26)(H,25,30). The molecule has 0 aliphatic carbocycles. The number of benzene rings is 2. The SMILES string of the molecule is Cc1ccc(Nc2nn(CN3CCN(CC(=O)Nc4ccccc4Cl)CC3)c(=S)s2)cc1. The number of nitrogens with zero attached hydrogens (tertiary/aromatic N) is 4. The minimum atomic E-state index is -0.0555. The molecule has 0 spiro atoms. The molecule has 1 fully saturated rings. The Morgan fingerprint density at radius 3 is 2.50 bits per heavy atom. The maximum Gasteiger partial charge on any atom is 0.238 e. The summed E-state index contributed by atoms with van der Waals surface area (Å²) in [6.07, 6.45) is 0. The van der Waals surface area contributed by atoms with E-state index < -0.39 is 0 Å². The van der Waals surface area contributed by atoms with E-state index in [1.54, 1.807) is 12.1 Å². The molecule has 4 rings (SSSR count). The molecule has 32 heavy (non-hydrogen) atoms. The van der Waals surface area contributed by atoms with Gasteiger partial charge in [0.2, 0.25) is 11.0 Å². The average Bonchev–Trinajstić information content (AvgIpc) is 3.11. The molecule has 2 N–H and O–H groups in total. The summed E-state index contributed by atoms with van der Waals surface area (Å²) < 4.78 is 2.59. The second-order valence-corrected chi connectivity index (χ2v) is 9.76. The summed E-state index contributed by atoms with van der Waals surface area (Å²) in [5, 5.41) is 12.2. The lowest BCUT2D eigenvalue weighted by Crippen LogP contribution is -2.48. The first-order valence-electron chi connectivity index (χ1n) is 10.4. The second-order valence-electron chi connectivity index (χ2n) is 7.73. The Balaban J connectivity index is 1.25. The van der Waals surface area contributed by atoms with Gasteiger partial charge in [0, 0.05) is 31.9 Å². The largest absolute Gasteiger partial charge is 0.330 e. The number of hydrogen-bond donors (Lipinski definition) is 2. The molecule has 3 aromatic rings. The third kappa shape index (κ3) is 6.14. The molecular formula is C22H25ClN6OS2. The molecule has 7 nitrogen and oxygen atoms in total. The molecule has 0 radical (unpaired) electrons. The zero-order valence-electron chi connectivity index (χ0n) is 17.8. The van der Waals surface area contributed by atoms with Crippen LogP contribution in [-0.2, 0) is 11.5 Å². The predicted octanol–water partition coefficient (Wildman–Crippen LogP) is 4.59. The van der Waals surface area contributed by atoms with Crippen molar-refractivity contribution in [2.75, 3.05) is 43.4 Å². The molecule has 1 aromatic heterocycles. The Morgan fingerprint density at radius 1 is 1.09 bits per heavy atom. The minimum Gasteiger partial charge on any atom is -0.330 e. The molecular weight excluding hydrogens is 464 g/mol. The average molecular weight is 489 g/mol. The summed E-state index contributed by atoms with van der Waals surface area (Å²) >= 11 is 13.1. The van der Waals surface area contributed by atoms with Gasteiger partial charge in [-0.3, -0.25) is 14.6 Å². The van der Waals surface area contributed by atoms with Crippen LogP contribution in [0.5, 0.6) is 0 Å². The van der Waals surface area contributed by atoms with Crippen molar-refractivity contribution < 1.29 is 4.79 Å². The number of aromatic nitrogens is 2. The van der Waals surface area contributed by atoms with Gasteiger partial charge < -0.3 is 10.6 Å². The normalized spacial score (nSPS) is 14.9. The Labute approximate surface area is 201 Å². The monoisotopic (exact) mass is 488 g/mol. The van der Waals surface area contributed by atoms with Gasteiger partial charge in [-0.1, -0.05) is 52.8 Å². The second kappa shape index (κ2) is 10.5. The summed E-state index contributed by atoms with van der Waals surface area (Å²) in [5.74, 6) is -0.0555. The van der Waals surface area contributed by atoms with Gasteiger partial charge in [-0.2, -0.15) is 0 Å². The van der Waals surface area contributed by atoms with Gasteiger partial charge >= 0.3 is 0 Å². The van der Waals surface area contributed by atoms with Crippen LogP contribution in [0.4, 0.5) is 16.5 Å². The third-order valence-electron chi connectivity index (χ3n) is 5.22. The lowest BCUT2D eigenvalue weighted by Gasteiger charge is -2.33. The van der Waals surface area contributed by atoms with Gasteiger partial charge in [0.1, 0.15) is 0 Å². The molecule has 0 saturated carbocycles. The van der Waals surface area contributed by atoms with E-state index in [2.05, 4.69) is 44.6 Å².